The second-order valence-corrected chi connectivity index (χ2v) is 6.56. The maximum Gasteiger partial charge on any atom is 0.240 e. The molecule has 0 fully saturated rings. The van der Waals surface area contributed by atoms with Crippen molar-refractivity contribution in [1.82, 2.24) is 4.72 Å². The minimum Gasteiger partial charge on any atom is -0.383 e. The summed E-state index contributed by atoms with van der Waals surface area (Å²) in [7, 11) is -2.05. The van der Waals surface area contributed by atoms with E-state index in [1.165, 1.54) is 13.2 Å². The van der Waals surface area contributed by atoms with Gasteiger partial charge in [0.15, 0.2) is 0 Å². The smallest absolute Gasteiger partial charge is 0.240 e. The number of rotatable bonds is 5. The number of benzene rings is 1. The van der Waals surface area contributed by atoms with E-state index in [0.717, 1.165) is 5.56 Å². The van der Waals surface area contributed by atoms with Crippen molar-refractivity contribution in [3.63, 3.8) is 0 Å². The Balaban J connectivity index is 2.23. The maximum atomic E-state index is 12.2. The van der Waals surface area contributed by atoms with Crippen LogP contribution in [0.15, 0.2) is 23.1 Å². The second kappa shape index (κ2) is 5.90. The van der Waals surface area contributed by atoms with Crippen molar-refractivity contribution in [3.05, 3.63) is 23.8 Å². The number of anilines is 1. The Morgan fingerprint density at radius 3 is 2.85 bits per heavy atom. The Morgan fingerprint density at radius 2 is 2.15 bits per heavy atom. The Bertz CT molecular complexity index is 613. The third-order valence-corrected chi connectivity index (χ3v) is 4.64. The molecule has 0 saturated carbocycles. The predicted octanol–water partition coefficient (Wildman–Crippen LogP) is 0.884. The molecule has 0 aliphatic carbocycles. The lowest BCUT2D eigenvalue weighted by Crippen LogP contribution is -2.35. The quantitative estimate of drug-likeness (QED) is 0.845. The van der Waals surface area contributed by atoms with Crippen LogP contribution in [0.4, 0.5) is 5.69 Å². The molecule has 20 heavy (non-hydrogen) atoms. The number of carbonyl (C=O) groups excluding carboxylic acids is 1. The number of ether oxygens (including phenoxy) is 1. The molecule has 1 aliphatic rings. The van der Waals surface area contributed by atoms with Gasteiger partial charge in [-0.3, -0.25) is 4.79 Å². The molecule has 0 bridgehead atoms. The molecule has 2 rings (SSSR count). The van der Waals surface area contributed by atoms with E-state index in [9.17, 15) is 13.2 Å². The zero-order valence-corrected chi connectivity index (χ0v) is 12.3. The van der Waals surface area contributed by atoms with Gasteiger partial charge in [0.1, 0.15) is 0 Å². The molecule has 0 unspecified atom stereocenters. The van der Waals surface area contributed by atoms with Crippen molar-refractivity contribution in [1.29, 1.82) is 0 Å². The molecular formula is C13H18N2O4S. The van der Waals surface area contributed by atoms with Gasteiger partial charge in [0.05, 0.1) is 11.5 Å². The van der Waals surface area contributed by atoms with Crippen LogP contribution in [0.25, 0.3) is 0 Å². The molecule has 0 saturated heterocycles. The number of carbonyl (C=O) groups is 1. The minimum atomic E-state index is -3.57. The van der Waals surface area contributed by atoms with Gasteiger partial charge < -0.3 is 10.1 Å². The van der Waals surface area contributed by atoms with E-state index >= 15 is 0 Å². The Kier molecular flexibility index (Phi) is 4.42. The topological polar surface area (TPSA) is 84.5 Å². The summed E-state index contributed by atoms with van der Waals surface area (Å²) in [4.78, 5) is 11.5. The lowest BCUT2D eigenvalue weighted by Gasteiger charge is -2.18. The summed E-state index contributed by atoms with van der Waals surface area (Å²) >= 11 is 0. The fraction of sp³-hybridized carbons (Fsp3) is 0.462. The highest BCUT2D eigenvalue weighted by molar-refractivity contribution is 7.89. The van der Waals surface area contributed by atoms with E-state index in [4.69, 9.17) is 4.74 Å². The number of fused-ring (bicyclic) bond motifs is 1. The highest BCUT2D eigenvalue weighted by Crippen LogP contribution is 2.25. The van der Waals surface area contributed by atoms with E-state index in [1.54, 1.807) is 19.1 Å². The summed E-state index contributed by atoms with van der Waals surface area (Å²) in [5.41, 5.74) is 1.53. The summed E-state index contributed by atoms with van der Waals surface area (Å²) in [5.74, 6) is -0.0417. The van der Waals surface area contributed by atoms with Gasteiger partial charge in [-0.2, -0.15) is 0 Å². The number of aryl methyl sites for hydroxylation is 1. The van der Waals surface area contributed by atoms with Gasteiger partial charge in [-0.15, -0.1) is 0 Å². The van der Waals surface area contributed by atoms with Crippen LogP contribution in [0.3, 0.4) is 0 Å². The molecule has 1 aliphatic heterocycles. The largest absolute Gasteiger partial charge is 0.383 e. The van der Waals surface area contributed by atoms with Crippen molar-refractivity contribution in [2.24, 2.45) is 0 Å². The van der Waals surface area contributed by atoms with Crippen molar-refractivity contribution < 1.29 is 17.9 Å². The summed E-state index contributed by atoms with van der Waals surface area (Å²) in [6, 6.07) is 4.42. The fourth-order valence-electron chi connectivity index (χ4n) is 2.14. The van der Waals surface area contributed by atoms with Crippen LogP contribution in [0.5, 0.6) is 0 Å². The highest BCUT2D eigenvalue weighted by atomic mass is 32.2. The molecule has 1 aromatic carbocycles. The first-order chi connectivity index (χ1) is 9.42. The number of hydrogen-bond donors (Lipinski definition) is 2. The van der Waals surface area contributed by atoms with E-state index in [-0.39, 0.29) is 16.8 Å². The van der Waals surface area contributed by atoms with Crippen molar-refractivity contribution >= 4 is 21.6 Å². The predicted molar refractivity (Wildman–Crippen MR) is 75.1 cm³/mol. The SMILES string of the molecule is COC[C@H](C)NS(=O)(=O)c1ccc2c(c1)CCC(=O)N2. The van der Waals surface area contributed by atoms with Gasteiger partial charge in [0.25, 0.3) is 0 Å². The van der Waals surface area contributed by atoms with E-state index in [0.29, 0.717) is 25.1 Å². The maximum absolute atomic E-state index is 12.2. The first-order valence-electron chi connectivity index (χ1n) is 6.36. The van der Waals surface area contributed by atoms with E-state index < -0.39 is 10.0 Å². The van der Waals surface area contributed by atoms with Gasteiger partial charge in [-0.25, -0.2) is 13.1 Å². The molecule has 1 amide bonds. The minimum absolute atomic E-state index is 0.0417. The molecule has 0 spiro atoms. The highest BCUT2D eigenvalue weighted by Gasteiger charge is 2.21. The van der Waals surface area contributed by atoms with Gasteiger partial charge in [-0.1, -0.05) is 0 Å². The Labute approximate surface area is 118 Å². The standard InChI is InChI=1S/C13H18N2O4S/c1-9(8-19-2)15-20(17,18)11-4-5-12-10(7-11)3-6-13(16)14-12/h4-5,7,9,15H,3,6,8H2,1-2H3,(H,14,16)/t9-/m0/s1. The molecule has 1 aromatic rings. The third kappa shape index (κ3) is 3.36. The first kappa shape index (κ1) is 15.0. The third-order valence-electron chi connectivity index (χ3n) is 3.06. The van der Waals surface area contributed by atoms with Crippen LogP contribution in [0.1, 0.15) is 18.9 Å². The molecule has 110 valence electrons. The van der Waals surface area contributed by atoms with Crippen molar-refractivity contribution in [2.75, 3.05) is 19.0 Å². The van der Waals surface area contributed by atoms with Crippen molar-refractivity contribution in [3.8, 4) is 0 Å². The van der Waals surface area contributed by atoms with Crippen LogP contribution in [0, 0.1) is 0 Å². The van der Waals surface area contributed by atoms with Crippen LogP contribution in [-0.4, -0.2) is 34.1 Å². The molecule has 6 nitrogen and oxygen atoms in total. The molecule has 7 heteroatoms. The average molecular weight is 298 g/mol. The second-order valence-electron chi connectivity index (χ2n) is 4.84. The zero-order chi connectivity index (χ0) is 14.8. The Morgan fingerprint density at radius 1 is 1.40 bits per heavy atom. The summed E-state index contributed by atoms with van der Waals surface area (Å²) in [5, 5.41) is 2.73. The van der Waals surface area contributed by atoms with E-state index in [2.05, 4.69) is 10.0 Å². The molecule has 0 aromatic heterocycles. The summed E-state index contributed by atoms with van der Waals surface area (Å²) in [6.45, 7) is 2.04. The average Bonchev–Trinajstić information content (AvgIpc) is 2.37. The summed E-state index contributed by atoms with van der Waals surface area (Å²) < 4.78 is 31.9. The van der Waals surface area contributed by atoms with Crippen LogP contribution >= 0.6 is 0 Å². The monoisotopic (exact) mass is 298 g/mol. The number of nitrogens with one attached hydrogen (secondary N) is 2. The number of sulfonamides is 1. The summed E-state index contributed by atoms with van der Waals surface area (Å²) in [6.07, 6.45) is 0.933. The number of amides is 1. The van der Waals surface area contributed by atoms with Gasteiger partial charge in [-0.05, 0) is 37.1 Å². The lowest BCUT2D eigenvalue weighted by atomic mass is 10.0. The molecule has 2 N–H and O–H groups in total. The van der Waals surface area contributed by atoms with Gasteiger partial charge in [0.2, 0.25) is 15.9 Å². The lowest BCUT2D eigenvalue weighted by molar-refractivity contribution is -0.116. The van der Waals surface area contributed by atoms with Gasteiger partial charge >= 0.3 is 0 Å². The zero-order valence-electron chi connectivity index (χ0n) is 11.5. The fourth-order valence-corrected chi connectivity index (χ4v) is 3.42. The van der Waals surface area contributed by atoms with Gasteiger partial charge in [0, 0.05) is 25.3 Å². The number of hydrogen-bond acceptors (Lipinski definition) is 4. The van der Waals surface area contributed by atoms with E-state index in [1.807, 2.05) is 0 Å². The number of methoxy groups -OCH3 is 1. The normalized spacial score (nSPS) is 16.4. The van der Waals surface area contributed by atoms with Crippen LogP contribution in [-0.2, 0) is 26.0 Å². The molecule has 1 atom stereocenters. The molecule has 0 radical (unpaired) electrons. The first-order valence-corrected chi connectivity index (χ1v) is 7.85. The molecule has 1 heterocycles. The van der Waals surface area contributed by atoms with Crippen molar-refractivity contribution in [2.45, 2.75) is 30.7 Å². The van der Waals surface area contributed by atoms with Crippen LogP contribution < -0.4 is 10.0 Å². The Hall–Kier alpha value is -1.44. The van der Waals surface area contributed by atoms with Crippen LogP contribution in [0.2, 0.25) is 0 Å². The molecular weight excluding hydrogens is 280 g/mol.